The van der Waals surface area contributed by atoms with Crippen molar-refractivity contribution in [3.05, 3.63) is 82.2 Å². The van der Waals surface area contributed by atoms with E-state index in [0.29, 0.717) is 67.3 Å². The summed E-state index contributed by atoms with van der Waals surface area (Å²) in [5.74, 6) is 0.809. The molecule has 18 nitrogen and oxygen atoms in total. The second-order valence-corrected chi connectivity index (χ2v) is 24.4. The van der Waals surface area contributed by atoms with Crippen molar-refractivity contribution in [2.24, 2.45) is 5.92 Å². The van der Waals surface area contributed by atoms with Gasteiger partial charge in [-0.3, -0.25) is 44.3 Å². The lowest BCUT2D eigenvalue weighted by Gasteiger charge is -2.44. The number of amides is 4. The minimum absolute atomic E-state index is 0.0988. The average molecular weight is 1060 g/mol. The number of benzene rings is 3. The Hall–Kier alpha value is -6.01. The maximum absolute atomic E-state index is 13.6. The first-order valence-corrected chi connectivity index (χ1v) is 28.6. The minimum Gasteiger partial charge on any atom is -0.494 e. The van der Waals surface area contributed by atoms with Gasteiger partial charge in [-0.1, -0.05) is 0 Å². The summed E-state index contributed by atoms with van der Waals surface area (Å²) in [4.78, 5) is 80.5. The molecular formula is C52H60BrN12O6P. The lowest BCUT2D eigenvalue weighted by molar-refractivity contribution is -0.136. The van der Waals surface area contributed by atoms with Crippen LogP contribution in [0.2, 0.25) is 0 Å². The smallest absolute Gasteiger partial charge is 0.262 e. The van der Waals surface area contributed by atoms with Crippen LogP contribution in [0, 0.1) is 5.92 Å². The van der Waals surface area contributed by atoms with Gasteiger partial charge in [-0.15, -0.1) is 0 Å². The molecule has 5 fully saturated rings. The number of hydrogen-bond acceptors (Lipinski definition) is 16. The van der Waals surface area contributed by atoms with Gasteiger partial charge >= 0.3 is 0 Å². The zero-order chi connectivity index (χ0) is 49.8. The summed E-state index contributed by atoms with van der Waals surface area (Å²) in [5.41, 5.74) is 6.86. The van der Waals surface area contributed by atoms with Gasteiger partial charge in [0, 0.05) is 94.3 Å². The van der Waals surface area contributed by atoms with Crippen LogP contribution in [0.15, 0.2) is 65.5 Å². The summed E-state index contributed by atoms with van der Waals surface area (Å²) in [6, 6.07) is 13.2. The first kappa shape index (κ1) is 48.3. The molecule has 1 saturated carbocycles. The van der Waals surface area contributed by atoms with Gasteiger partial charge in [0.15, 0.2) is 0 Å². The molecule has 376 valence electrons. The highest BCUT2D eigenvalue weighted by atomic mass is 79.9. The first-order valence-electron chi connectivity index (χ1n) is 25.2. The molecule has 3 aromatic carbocycles. The number of piperazine rings is 1. The zero-order valence-electron chi connectivity index (χ0n) is 40.9. The van der Waals surface area contributed by atoms with Gasteiger partial charge in [0.25, 0.3) is 11.8 Å². The van der Waals surface area contributed by atoms with Crippen LogP contribution in [0.25, 0.3) is 11.0 Å². The van der Waals surface area contributed by atoms with Gasteiger partial charge in [-0.05, 0) is 141 Å². The Labute approximate surface area is 427 Å². The van der Waals surface area contributed by atoms with Gasteiger partial charge in [-0.25, -0.2) is 4.98 Å². The number of nitrogens with zero attached hydrogens (tertiary/aromatic N) is 9. The van der Waals surface area contributed by atoms with Crippen LogP contribution in [-0.4, -0.2) is 150 Å². The Kier molecular flexibility index (Phi) is 13.3. The van der Waals surface area contributed by atoms with E-state index in [-0.39, 0.29) is 18.7 Å². The third-order valence-corrected chi connectivity index (χ3v) is 17.5. The number of carbonyl (C=O) groups excluding carboxylic acids is 4. The van der Waals surface area contributed by atoms with Crippen LogP contribution in [0.5, 0.6) is 5.75 Å². The Morgan fingerprint density at radius 3 is 2.25 bits per heavy atom. The largest absolute Gasteiger partial charge is 0.494 e. The average Bonchev–Trinajstić information content (AvgIpc) is 4.20. The lowest BCUT2D eigenvalue weighted by Crippen LogP contribution is -2.54. The maximum atomic E-state index is 13.6. The van der Waals surface area contributed by atoms with Gasteiger partial charge in [0.2, 0.25) is 17.8 Å². The number of fused-ring (bicyclic) bond motifs is 2. The van der Waals surface area contributed by atoms with Crippen LogP contribution in [0.4, 0.5) is 34.5 Å². The summed E-state index contributed by atoms with van der Waals surface area (Å²) in [6.07, 6.45) is 12.0. The molecule has 72 heavy (non-hydrogen) atoms. The minimum atomic E-state index is -2.78. The highest BCUT2D eigenvalue weighted by Crippen LogP contribution is 2.48. The number of piperidine rings is 3. The van der Waals surface area contributed by atoms with Crippen molar-refractivity contribution in [2.75, 3.05) is 99.8 Å². The third kappa shape index (κ3) is 9.68. The standard InChI is InChI=1S/C52H60BrN12O6P/c1-71-44-28-43(36(32-4-5-32)27-41(44)58-52-56-29-38(53)48(60-52)57-40-9-8-39-46(55-17-16-54-39)47(40)72(2,3)70)64-24-22-63(23-25-64)33-14-18-61(19-15-33)30-31-12-20-62(21-13-31)34-6-7-35-37(26-34)51(69)65(50(35)68)42-10-11-45(66)59-49(42)67/h6-9,16-17,26-29,31-33,42H,4-5,10-15,18-25,30H2,1-3H3,(H,59,66,67)(H2,56,57,58,60). The fourth-order valence-electron chi connectivity index (χ4n) is 11.5. The lowest BCUT2D eigenvalue weighted by atomic mass is 9.93. The molecule has 20 heteroatoms. The van der Waals surface area contributed by atoms with E-state index in [2.05, 4.69) is 78.6 Å². The molecule has 0 radical (unpaired) electrons. The Bertz CT molecular complexity index is 3020. The normalized spacial score (nSPS) is 20.8. The van der Waals surface area contributed by atoms with E-state index in [1.807, 2.05) is 18.2 Å². The number of likely N-dealkylation sites (tertiary alicyclic amines) is 1. The number of aromatic nitrogens is 4. The SMILES string of the molecule is COc1cc(N2CCN(C3CCN(CC4CCN(c5ccc6c(c5)C(=O)N(C5CCC(=O)NC5=O)C6=O)CC4)CC3)CC2)c(C2CC2)cc1Nc1ncc(Br)c(Nc2ccc3nccnc3c2P(C)(C)=O)n1. The van der Waals surface area contributed by atoms with Gasteiger partial charge in [0.05, 0.1) is 44.9 Å². The number of nitrogens with one attached hydrogen (secondary N) is 3. The molecule has 7 heterocycles. The second kappa shape index (κ2) is 19.8. The van der Waals surface area contributed by atoms with E-state index < -0.39 is 30.9 Å². The van der Waals surface area contributed by atoms with Crippen molar-refractivity contribution in [1.29, 1.82) is 0 Å². The van der Waals surface area contributed by atoms with Crippen LogP contribution in [0.1, 0.15) is 83.6 Å². The summed E-state index contributed by atoms with van der Waals surface area (Å²) in [7, 11) is -1.08. The van der Waals surface area contributed by atoms with Gasteiger partial charge in [0.1, 0.15) is 30.3 Å². The second-order valence-electron chi connectivity index (χ2n) is 20.4. The molecule has 5 aliphatic heterocycles. The summed E-state index contributed by atoms with van der Waals surface area (Å²) in [6.45, 7) is 12.5. The number of imide groups is 2. The molecule has 6 aliphatic rings. The highest BCUT2D eigenvalue weighted by molar-refractivity contribution is 9.10. The number of methoxy groups -OCH3 is 1. The van der Waals surface area contributed by atoms with Crippen molar-refractivity contribution in [2.45, 2.75) is 69.4 Å². The number of hydrogen-bond donors (Lipinski definition) is 3. The van der Waals surface area contributed by atoms with Crippen LogP contribution < -0.4 is 35.8 Å². The van der Waals surface area contributed by atoms with E-state index in [0.717, 1.165) is 107 Å². The predicted molar refractivity (Wildman–Crippen MR) is 281 cm³/mol. The molecule has 0 spiro atoms. The molecule has 0 bridgehead atoms. The number of carbonyl (C=O) groups is 4. The number of ether oxygens (including phenoxy) is 1. The zero-order valence-corrected chi connectivity index (χ0v) is 43.4. The van der Waals surface area contributed by atoms with Crippen molar-refractivity contribution in [1.82, 2.24) is 40.0 Å². The fraction of sp³-hybridized carbons (Fsp3) is 0.462. The summed E-state index contributed by atoms with van der Waals surface area (Å²) in [5, 5.41) is 9.75. The molecule has 1 aliphatic carbocycles. The van der Waals surface area contributed by atoms with Crippen LogP contribution in [-0.2, 0) is 14.2 Å². The highest BCUT2D eigenvalue weighted by Gasteiger charge is 2.45. The maximum Gasteiger partial charge on any atom is 0.262 e. The van der Waals surface area contributed by atoms with E-state index >= 15 is 0 Å². The third-order valence-electron chi connectivity index (χ3n) is 15.4. The van der Waals surface area contributed by atoms with E-state index in [1.54, 1.807) is 51.2 Å². The monoisotopic (exact) mass is 1060 g/mol. The Morgan fingerprint density at radius 1 is 0.778 bits per heavy atom. The molecular weight excluding hydrogens is 1000 g/mol. The molecule has 1 atom stereocenters. The van der Waals surface area contributed by atoms with Gasteiger partial charge < -0.3 is 34.6 Å². The Balaban J connectivity index is 0.674. The quantitative estimate of drug-likeness (QED) is 0.0830. The van der Waals surface area contributed by atoms with Crippen molar-refractivity contribution >= 4 is 97.6 Å². The summed E-state index contributed by atoms with van der Waals surface area (Å²) < 4.78 is 20.3. The molecule has 3 N–H and O–H groups in total. The Morgan fingerprint density at radius 2 is 1.53 bits per heavy atom. The molecule has 4 saturated heterocycles. The van der Waals surface area contributed by atoms with E-state index in [9.17, 15) is 23.7 Å². The topological polar surface area (TPSA) is 198 Å². The number of rotatable bonds is 13. The number of halogens is 1. The molecule has 2 aromatic heterocycles. The molecule has 4 amide bonds. The van der Waals surface area contributed by atoms with E-state index in [1.165, 1.54) is 24.1 Å². The van der Waals surface area contributed by atoms with E-state index in [4.69, 9.17) is 9.72 Å². The molecule has 1 unspecified atom stereocenters. The van der Waals surface area contributed by atoms with Crippen molar-refractivity contribution in [3.8, 4) is 5.75 Å². The predicted octanol–water partition coefficient (Wildman–Crippen LogP) is 6.71. The number of anilines is 6. The molecule has 5 aromatic rings. The first-order chi connectivity index (χ1) is 34.8. The van der Waals surface area contributed by atoms with Crippen molar-refractivity contribution in [3.63, 3.8) is 0 Å². The van der Waals surface area contributed by atoms with Crippen LogP contribution in [0.3, 0.4) is 0 Å². The van der Waals surface area contributed by atoms with Gasteiger partial charge in [-0.2, -0.15) is 4.98 Å². The van der Waals surface area contributed by atoms with Crippen molar-refractivity contribution < 1.29 is 28.5 Å². The van der Waals surface area contributed by atoms with Crippen LogP contribution >= 0.6 is 23.1 Å². The fourth-order valence-corrected chi connectivity index (χ4v) is 13.2. The summed E-state index contributed by atoms with van der Waals surface area (Å²) >= 11 is 3.62. The molecule has 11 rings (SSSR count).